The number of hydrogen-bond acceptors (Lipinski definition) is 0. The predicted molar refractivity (Wildman–Crippen MR) is 84.5 cm³/mol. The Morgan fingerprint density at radius 2 is 1.29 bits per heavy atom. The fourth-order valence-electron chi connectivity index (χ4n) is 2.01. The number of rotatable bonds is 4. The van der Waals surface area contributed by atoms with Gasteiger partial charge in [0, 0.05) is 0 Å². The molecule has 0 saturated carbocycles. The van der Waals surface area contributed by atoms with Gasteiger partial charge in [-0.3, -0.25) is 0 Å². The fourth-order valence-corrected chi connectivity index (χ4v) is 6.92. The molecule has 0 aromatic heterocycles. The van der Waals surface area contributed by atoms with E-state index in [1.54, 1.807) is 0 Å². The maximum absolute atomic E-state index is 4.03. The summed E-state index contributed by atoms with van der Waals surface area (Å²) in [4.78, 5) is 0. The van der Waals surface area contributed by atoms with Gasteiger partial charge >= 0.3 is 112 Å². The van der Waals surface area contributed by atoms with Crippen molar-refractivity contribution in [3.63, 3.8) is 0 Å². The fraction of sp³-hybridized carbons (Fsp3) is 0.0667. The first-order valence-corrected chi connectivity index (χ1v) is 10.1. The van der Waals surface area contributed by atoms with Crippen LogP contribution in [-0.2, 0) is 0 Å². The average Bonchev–Trinajstić information content (AvgIpc) is 2.41. The van der Waals surface area contributed by atoms with Crippen LogP contribution in [0.4, 0.5) is 0 Å². The predicted octanol–water partition coefficient (Wildman–Crippen LogP) is 3.88. The van der Waals surface area contributed by atoms with Crippen molar-refractivity contribution in [1.29, 1.82) is 0 Å². The SMILES string of the molecule is C=CC[PH](Br)(c1ccccc1)c1ccccc1. The summed E-state index contributed by atoms with van der Waals surface area (Å²) >= 11 is 4.03. The maximum atomic E-state index is 4.03. The van der Waals surface area contributed by atoms with Crippen molar-refractivity contribution in [2.24, 2.45) is 0 Å². The molecule has 2 rings (SSSR count). The Kier molecular flexibility index (Phi) is 4.15. The molecular formula is C15H16BrP. The van der Waals surface area contributed by atoms with Crippen LogP contribution in [0.5, 0.6) is 0 Å². The van der Waals surface area contributed by atoms with Crippen molar-refractivity contribution in [3.05, 3.63) is 73.3 Å². The minimum atomic E-state index is -1.81. The second-order valence-electron chi connectivity index (χ2n) is 4.03. The van der Waals surface area contributed by atoms with Crippen molar-refractivity contribution in [2.45, 2.75) is 0 Å². The van der Waals surface area contributed by atoms with Crippen LogP contribution in [-0.4, -0.2) is 6.16 Å². The molecule has 0 bridgehead atoms. The van der Waals surface area contributed by atoms with Crippen molar-refractivity contribution in [2.75, 3.05) is 6.16 Å². The van der Waals surface area contributed by atoms with Gasteiger partial charge in [0.25, 0.3) is 0 Å². The molecule has 0 amide bonds. The Morgan fingerprint density at radius 3 is 1.65 bits per heavy atom. The molecule has 17 heavy (non-hydrogen) atoms. The van der Waals surface area contributed by atoms with Crippen LogP contribution in [0.2, 0.25) is 0 Å². The summed E-state index contributed by atoms with van der Waals surface area (Å²) in [6.07, 6.45) is 3.02. The van der Waals surface area contributed by atoms with E-state index in [2.05, 4.69) is 82.7 Å². The van der Waals surface area contributed by atoms with Crippen LogP contribution in [0.15, 0.2) is 73.3 Å². The molecule has 0 heterocycles. The van der Waals surface area contributed by atoms with E-state index in [0.717, 1.165) is 6.16 Å². The summed E-state index contributed by atoms with van der Waals surface area (Å²) in [5, 5.41) is 2.79. The van der Waals surface area contributed by atoms with Crippen molar-refractivity contribution in [3.8, 4) is 0 Å². The van der Waals surface area contributed by atoms with Gasteiger partial charge in [0.2, 0.25) is 0 Å². The van der Waals surface area contributed by atoms with Crippen LogP contribution < -0.4 is 10.6 Å². The molecule has 0 saturated heterocycles. The monoisotopic (exact) mass is 306 g/mol. The molecule has 2 heteroatoms. The summed E-state index contributed by atoms with van der Waals surface area (Å²) in [6, 6.07) is 21.3. The summed E-state index contributed by atoms with van der Waals surface area (Å²) in [6.45, 7) is 3.90. The first kappa shape index (κ1) is 12.5. The van der Waals surface area contributed by atoms with Crippen molar-refractivity contribution in [1.82, 2.24) is 0 Å². The Morgan fingerprint density at radius 1 is 0.882 bits per heavy atom. The van der Waals surface area contributed by atoms with Gasteiger partial charge in [0.1, 0.15) is 0 Å². The zero-order valence-corrected chi connectivity index (χ0v) is 12.2. The van der Waals surface area contributed by atoms with Gasteiger partial charge in [-0.05, 0) is 0 Å². The first-order valence-electron chi connectivity index (χ1n) is 5.68. The zero-order valence-electron chi connectivity index (χ0n) is 9.64. The Balaban J connectivity index is 2.50. The molecule has 0 radical (unpaired) electrons. The normalized spacial score (nSPS) is 12.1. The van der Waals surface area contributed by atoms with Gasteiger partial charge in [-0.15, -0.1) is 0 Å². The summed E-state index contributed by atoms with van der Waals surface area (Å²) in [7, 11) is 0. The van der Waals surface area contributed by atoms with Crippen LogP contribution in [0, 0.1) is 0 Å². The quantitative estimate of drug-likeness (QED) is 0.594. The average molecular weight is 307 g/mol. The van der Waals surface area contributed by atoms with E-state index in [-0.39, 0.29) is 0 Å². The molecular weight excluding hydrogens is 291 g/mol. The van der Waals surface area contributed by atoms with E-state index in [1.807, 2.05) is 6.08 Å². The summed E-state index contributed by atoms with van der Waals surface area (Å²) < 4.78 is 0. The van der Waals surface area contributed by atoms with Crippen LogP contribution >= 0.6 is 21.5 Å². The van der Waals surface area contributed by atoms with Gasteiger partial charge in [0.15, 0.2) is 0 Å². The number of allylic oxidation sites excluding steroid dienone is 1. The third-order valence-electron chi connectivity index (χ3n) is 2.89. The van der Waals surface area contributed by atoms with Gasteiger partial charge in [-0.25, -0.2) is 0 Å². The number of hydrogen-bond donors (Lipinski definition) is 0. The Hall–Kier alpha value is -0.910. The standard InChI is InChI=1S/C15H16BrP/c1-2-13-17(16,14-9-5-3-6-10-14)15-11-7-4-8-12-15/h2-12,17H,1,13H2. The second kappa shape index (κ2) is 5.62. The molecule has 0 atom stereocenters. The molecule has 0 unspecified atom stereocenters. The third kappa shape index (κ3) is 2.68. The molecule has 88 valence electrons. The Bertz CT molecular complexity index is 439. The first-order chi connectivity index (χ1) is 8.27. The molecule has 0 fully saturated rings. The van der Waals surface area contributed by atoms with Gasteiger partial charge < -0.3 is 0 Å². The molecule has 0 aliphatic carbocycles. The molecule has 2 aromatic rings. The minimum absolute atomic E-state index is 1.00. The van der Waals surface area contributed by atoms with Crippen molar-refractivity contribution < 1.29 is 0 Å². The second-order valence-corrected chi connectivity index (χ2v) is 11.3. The molecule has 2 aromatic carbocycles. The number of halogens is 1. The van der Waals surface area contributed by atoms with Gasteiger partial charge in [-0.2, -0.15) is 0 Å². The van der Waals surface area contributed by atoms with Crippen LogP contribution in [0.25, 0.3) is 0 Å². The van der Waals surface area contributed by atoms with E-state index in [1.165, 1.54) is 10.6 Å². The molecule has 0 N–H and O–H groups in total. The molecule has 0 aliphatic rings. The van der Waals surface area contributed by atoms with Crippen LogP contribution in [0.1, 0.15) is 0 Å². The van der Waals surface area contributed by atoms with Gasteiger partial charge in [0.05, 0.1) is 0 Å². The van der Waals surface area contributed by atoms with E-state index in [9.17, 15) is 0 Å². The van der Waals surface area contributed by atoms with Crippen LogP contribution in [0.3, 0.4) is 0 Å². The zero-order chi connectivity index (χ0) is 12.1. The number of benzene rings is 2. The van der Waals surface area contributed by atoms with Gasteiger partial charge in [-0.1, -0.05) is 0 Å². The topological polar surface area (TPSA) is 0 Å². The summed E-state index contributed by atoms with van der Waals surface area (Å²) in [5.41, 5.74) is 0. The van der Waals surface area contributed by atoms with E-state index >= 15 is 0 Å². The Labute approximate surface area is 111 Å². The molecule has 0 aliphatic heterocycles. The molecule has 0 spiro atoms. The van der Waals surface area contributed by atoms with E-state index in [0.29, 0.717) is 0 Å². The molecule has 0 nitrogen and oxygen atoms in total. The summed E-state index contributed by atoms with van der Waals surface area (Å²) in [5.74, 6) is -1.81. The van der Waals surface area contributed by atoms with Crippen molar-refractivity contribution >= 4 is 32.1 Å². The third-order valence-corrected chi connectivity index (χ3v) is 9.95. The van der Waals surface area contributed by atoms with E-state index in [4.69, 9.17) is 0 Å². The van der Waals surface area contributed by atoms with E-state index < -0.39 is 5.96 Å².